The topological polar surface area (TPSA) is 105 Å². The highest BCUT2D eigenvalue weighted by Gasteiger charge is 2.41. The maximum absolute atomic E-state index is 12.5. The van der Waals surface area contributed by atoms with Crippen molar-refractivity contribution in [2.75, 3.05) is 13.2 Å². The van der Waals surface area contributed by atoms with Crippen LogP contribution in [0.1, 0.15) is 49.5 Å². The molecule has 0 aromatic heterocycles. The van der Waals surface area contributed by atoms with E-state index in [0.29, 0.717) is 29.2 Å². The van der Waals surface area contributed by atoms with Gasteiger partial charge in [-0.3, -0.25) is 4.79 Å². The second kappa shape index (κ2) is 11.8. The molecule has 3 aromatic carbocycles. The number of benzene rings is 3. The van der Waals surface area contributed by atoms with Crippen LogP contribution in [0.2, 0.25) is 5.02 Å². The highest BCUT2D eigenvalue weighted by Crippen LogP contribution is 2.46. The molecule has 3 N–H and O–H groups in total. The number of carboxylic acids is 1. The SMILES string of the molecule is C[C@]1(NC(=O)CCO)C[C@@H](c2ccc(Cl)cc2)O[C@@H](c2cc(-c3ccccc3)ccc2OCC(=O)O)C1. The van der Waals surface area contributed by atoms with Crippen LogP contribution in [0.4, 0.5) is 0 Å². The van der Waals surface area contributed by atoms with Gasteiger partial charge in [0.25, 0.3) is 0 Å². The average Bonchev–Trinajstić information content (AvgIpc) is 2.87. The fourth-order valence-corrected chi connectivity index (χ4v) is 4.86. The molecule has 7 nitrogen and oxygen atoms in total. The second-order valence-corrected chi connectivity index (χ2v) is 9.89. The molecule has 0 bridgehead atoms. The molecule has 0 saturated carbocycles. The van der Waals surface area contributed by atoms with E-state index < -0.39 is 24.2 Å². The molecule has 1 aliphatic rings. The maximum atomic E-state index is 12.5. The highest BCUT2D eigenvalue weighted by molar-refractivity contribution is 6.30. The number of aliphatic carboxylic acids is 1. The van der Waals surface area contributed by atoms with Crippen molar-refractivity contribution in [3.8, 4) is 16.9 Å². The molecule has 0 unspecified atom stereocenters. The number of carbonyl (C=O) groups excluding carboxylic acids is 1. The number of nitrogens with one attached hydrogen (secondary N) is 1. The van der Waals surface area contributed by atoms with Crippen molar-refractivity contribution in [1.29, 1.82) is 0 Å². The number of rotatable bonds is 9. The number of hydrogen-bond acceptors (Lipinski definition) is 5. The fourth-order valence-electron chi connectivity index (χ4n) is 4.74. The molecule has 8 heteroatoms. The molecule has 1 saturated heterocycles. The molecular formula is C29H30ClNO6. The monoisotopic (exact) mass is 523 g/mol. The Hall–Kier alpha value is -3.39. The van der Waals surface area contributed by atoms with Crippen LogP contribution >= 0.6 is 11.6 Å². The Kier molecular flexibility index (Phi) is 8.48. The van der Waals surface area contributed by atoms with Crippen molar-refractivity contribution < 1.29 is 29.3 Å². The Labute approximate surface area is 221 Å². The predicted octanol–water partition coefficient (Wildman–Crippen LogP) is 5.32. The first kappa shape index (κ1) is 26.7. The quantitative estimate of drug-likeness (QED) is 0.350. The van der Waals surface area contributed by atoms with Crippen LogP contribution in [0.25, 0.3) is 11.1 Å². The minimum atomic E-state index is -1.08. The van der Waals surface area contributed by atoms with Crippen molar-refractivity contribution in [1.82, 2.24) is 5.32 Å². The van der Waals surface area contributed by atoms with Gasteiger partial charge in [0, 0.05) is 35.4 Å². The summed E-state index contributed by atoms with van der Waals surface area (Å²) >= 11 is 6.11. The Balaban J connectivity index is 1.75. The third kappa shape index (κ3) is 6.89. The van der Waals surface area contributed by atoms with Crippen LogP contribution in [0.3, 0.4) is 0 Å². The summed E-state index contributed by atoms with van der Waals surface area (Å²) < 4.78 is 12.3. The standard InChI is InChI=1S/C29H30ClNO6/c1-29(31-27(33)13-14-32)16-25(20-7-10-22(30)11-8-20)37-26(17-29)23-15-21(19-5-3-2-4-6-19)9-12-24(23)36-18-28(34)35/h2-12,15,25-26,32H,13-14,16-18H2,1H3,(H,31,33)(H,34,35)/t25-,26+,29-/m0/s1. The number of halogens is 1. The lowest BCUT2D eigenvalue weighted by molar-refractivity contribution is -0.139. The first-order valence-electron chi connectivity index (χ1n) is 12.1. The van der Waals surface area contributed by atoms with Gasteiger partial charge in [-0.05, 0) is 47.9 Å². The van der Waals surface area contributed by atoms with Crippen molar-refractivity contribution >= 4 is 23.5 Å². The summed E-state index contributed by atoms with van der Waals surface area (Å²) in [5.41, 5.74) is 2.87. The van der Waals surface area contributed by atoms with Crippen molar-refractivity contribution in [2.45, 2.75) is 43.9 Å². The van der Waals surface area contributed by atoms with Crippen LogP contribution in [-0.2, 0) is 14.3 Å². The first-order valence-corrected chi connectivity index (χ1v) is 12.5. The Morgan fingerprint density at radius 3 is 2.41 bits per heavy atom. The van der Waals surface area contributed by atoms with E-state index in [-0.39, 0.29) is 25.0 Å². The van der Waals surface area contributed by atoms with Gasteiger partial charge in [-0.1, -0.05) is 60.1 Å². The van der Waals surface area contributed by atoms with Crippen molar-refractivity contribution in [3.05, 3.63) is 88.9 Å². The van der Waals surface area contributed by atoms with Gasteiger partial charge in [0.1, 0.15) is 5.75 Å². The van der Waals surface area contributed by atoms with E-state index in [9.17, 15) is 19.8 Å². The number of carboxylic acid groups (broad SMARTS) is 1. The van der Waals surface area contributed by atoms with Gasteiger partial charge < -0.3 is 25.0 Å². The lowest BCUT2D eigenvalue weighted by atomic mass is 9.80. The molecule has 194 valence electrons. The van der Waals surface area contributed by atoms with Gasteiger partial charge in [-0.25, -0.2) is 4.79 Å². The van der Waals surface area contributed by atoms with E-state index in [4.69, 9.17) is 21.1 Å². The summed E-state index contributed by atoms with van der Waals surface area (Å²) in [7, 11) is 0. The fraction of sp³-hybridized carbons (Fsp3) is 0.310. The number of hydrogen-bond donors (Lipinski definition) is 3. The van der Waals surface area contributed by atoms with Crippen molar-refractivity contribution in [3.63, 3.8) is 0 Å². The van der Waals surface area contributed by atoms with E-state index in [0.717, 1.165) is 16.7 Å². The molecule has 3 aromatic rings. The normalized spacial score (nSPS) is 21.3. The van der Waals surface area contributed by atoms with Gasteiger partial charge in [-0.15, -0.1) is 0 Å². The first-order chi connectivity index (χ1) is 17.8. The van der Waals surface area contributed by atoms with E-state index in [2.05, 4.69) is 5.32 Å². The Bertz CT molecular complexity index is 1230. The number of carbonyl (C=O) groups is 2. The molecule has 0 aliphatic carbocycles. The summed E-state index contributed by atoms with van der Waals surface area (Å²) in [6.45, 7) is 1.23. The van der Waals surface area contributed by atoms with Gasteiger partial charge in [-0.2, -0.15) is 0 Å². The highest BCUT2D eigenvalue weighted by atomic mass is 35.5. The lowest BCUT2D eigenvalue weighted by Gasteiger charge is -2.43. The molecule has 1 heterocycles. The van der Waals surface area contributed by atoms with Crippen LogP contribution < -0.4 is 10.1 Å². The third-order valence-corrected chi connectivity index (χ3v) is 6.69. The van der Waals surface area contributed by atoms with Gasteiger partial charge >= 0.3 is 5.97 Å². The minimum absolute atomic E-state index is 0.00317. The Morgan fingerprint density at radius 2 is 1.73 bits per heavy atom. The molecular weight excluding hydrogens is 494 g/mol. The smallest absolute Gasteiger partial charge is 0.341 e. The average molecular weight is 524 g/mol. The summed E-state index contributed by atoms with van der Waals surface area (Å²) in [6.07, 6.45) is 0.0509. The second-order valence-electron chi connectivity index (χ2n) is 9.46. The van der Waals surface area contributed by atoms with E-state index in [1.54, 1.807) is 18.2 Å². The van der Waals surface area contributed by atoms with Crippen LogP contribution in [0.15, 0.2) is 72.8 Å². The number of ether oxygens (including phenoxy) is 2. The maximum Gasteiger partial charge on any atom is 0.341 e. The molecule has 37 heavy (non-hydrogen) atoms. The zero-order chi connectivity index (χ0) is 26.4. The predicted molar refractivity (Wildman–Crippen MR) is 141 cm³/mol. The Morgan fingerprint density at radius 1 is 1.03 bits per heavy atom. The zero-order valence-corrected chi connectivity index (χ0v) is 21.3. The third-order valence-electron chi connectivity index (χ3n) is 6.44. The molecule has 0 spiro atoms. The molecule has 0 radical (unpaired) electrons. The van der Waals surface area contributed by atoms with Crippen LogP contribution in [-0.4, -0.2) is 40.8 Å². The van der Waals surface area contributed by atoms with E-state index in [1.807, 2.05) is 61.5 Å². The van der Waals surface area contributed by atoms with Crippen molar-refractivity contribution in [2.24, 2.45) is 0 Å². The van der Waals surface area contributed by atoms with Gasteiger partial charge in [0.2, 0.25) is 5.91 Å². The summed E-state index contributed by atoms with van der Waals surface area (Å²) in [4.78, 5) is 23.8. The molecule has 1 fully saturated rings. The zero-order valence-electron chi connectivity index (χ0n) is 20.5. The van der Waals surface area contributed by atoms with Crippen LogP contribution in [0, 0.1) is 0 Å². The molecule has 4 rings (SSSR count). The molecule has 1 aliphatic heterocycles. The summed E-state index contributed by atoms with van der Waals surface area (Å²) in [6, 6.07) is 22.8. The number of aliphatic hydroxyl groups is 1. The minimum Gasteiger partial charge on any atom is -0.482 e. The summed E-state index contributed by atoms with van der Waals surface area (Å²) in [5.74, 6) is -0.920. The lowest BCUT2D eigenvalue weighted by Crippen LogP contribution is -2.51. The van der Waals surface area contributed by atoms with E-state index in [1.165, 1.54) is 0 Å². The number of amides is 1. The summed E-state index contributed by atoms with van der Waals surface area (Å²) in [5, 5.41) is 22.2. The van der Waals surface area contributed by atoms with E-state index >= 15 is 0 Å². The molecule has 1 amide bonds. The molecule has 3 atom stereocenters. The largest absolute Gasteiger partial charge is 0.482 e. The van der Waals surface area contributed by atoms with Crippen LogP contribution in [0.5, 0.6) is 5.75 Å². The number of aliphatic hydroxyl groups excluding tert-OH is 1. The van der Waals surface area contributed by atoms with Gasteiger partial charge in [0.15, 0.2) is 6.61 Å². The van der Waals surface area contributed by atoms with Gasteiger partial charge in [0.05, 0.1) is 18.8 Å².